The van der Waals surface area contributed by atoms with Gasteiger partial charge in [0.25, 0.3) is 0 Å². The van der Waals surface area contributed by atoms with Crippen molar-refractivity contribution >= 4 is 37.7 Å². The Labute approximate surface area is 130 Å². The van der Waals surface area contributed by atoms with Crippen LogP contribution in [0.3, 0.4) is 0 Å². The molecule has 0 N–H and O–H groups in total. The van der Waals surface area contributed by atoms with E-state index in [1.54, 1.807) is 0 Å². The second-order valence-electron chi connectivity index (χ2n) is 4.95. The Morgan fingerprint density at radius 1 is 0.762 bits per heavy atom. The van der Waals surface area contributed by atoms with Crippen molar-refractivity contribution in [1.82, 2.24) is 9.97 Å². The number of fused-ring (bicyclic) bond motifs is 2. The molecule has 0 aliphatic heterocycles. The van der Waals surface area contributed by atoms with Gasteiger partial charge in [0.2, 0.25) is 0 Å². The van der Waals surface area contributed by atoms with E-state index in [9.17, 15) is 0 Å². The van der Waals surface area contributed by atoms with Crippen molar-refractivity contribution in [2.75, 3.05) is 0 Å². The Morgan fingerprint density at radius 2 is 1.67 bits per heavy atom. The number of nitrogens with zero attached hydrogens (tertiary/aromatic N) is 2. The Kier molecular flexibility index (Phi) is 2.93. The van der Waals surface area contributed by atoms with Gasteiger partial charge in [-0.2, -0.15) is 0 Å². The SMILES string of the molecule is Brc1ccc2ncc(-c3ccc4ccccc4n3)cc2c1. The first kappa shape index (κ1) is 12.5. The summed E-state index contributed by atoms with van der Waals surface area (Å²) in [5.41, 5.74) is 3.97. The lowest BCUT2D eigenvalue weighted by Gasteiger charge is -2.05. The third kappa shape index (κ3) is 2.30. The molecule has 0 spiro atoms. The highest BCUT2D eigenvalue weighted by molar-refractivity contribution is 9.10. The highest BCUT2D eigenvalue weighted by atomic mass is 79.9. The molecular weight excluding hydrogens is 324 g/mol. The second-order valence-corrected chi connectivity index (χ2v) is 5.87. The van der Waals surface area contributed by atoms with Crippen LogP contribution in [0.2, 0.25) is 0 Å². The van der Waals surface area contributed by atoms with Crippen molar-refractivity contribution in [2.45, 2.75) is 0 Å². The summed E-state index contributed by atoms with van der Waals surface area (Å²) in [4.78, 5) is 9.24. The highest BCUT2D eigenvalue weighted by Crippen LogP contribution is 2.25. The van der Waals surface area contributed by atoms with Crippen LogP contribution in [0.1, 0.15) is 0 Å². The van der Waals surface area contributed by atoms with Gasteiger partial charge in [0.05, 0.1) is 16.7 Å². The Balaban J connectivity index is 1.90. The van der Waals surface area contributed by atoms with E-state index in [0.717, 1.165) is 37.5 Å². The molecule has 0 radical (unpaired) electrons. The minimum atomic E-state index is 0.947. The average Bonchev–Trinajstić information content (AvgIpc) is 2.53. The lowest BCUT2D eigenvalue weighted by Crippen LogP contribution is -1.87. The summed E-state index contributed by atoms with van der Waals surface area (Å²) in [7, 11) is 0. The lowest BCUT2D eigenvalue weighted by atomic mass is 10.1. The molecular formula is C18H11BrN2. The van der Waals surface area contributed by atoms with Gasteiger partial charge < -0.3 is 0 Å². The lowest BCUT2D eigenvalue weighted by molar-refractivity contribution is 1.35. The van der Waals surface area contributed by atoms with Gasteiger partial charge in [-0.1, -0.05) is 40.2 Å². The van der Waals surface area contributed by atoms with Crippen LogP contribution in [0.4, 0.5) is 0 Å². The van der Waals surface area contributed by atoms with Crippen LogP contribution in [-0.4, -0.2) is 9.97 Å². The minimum Gasteiger partial charge on any atom is -0.256 e. The molecule has 100 valence electrons. The molecule has 2 aromatic carbocycles. The smallest absolute Gasteiger partial charge is 0.0725 e. The van der Waals surface area contributed by atoms with E-state index in [-0.39, 0.29) is 0 Å². The largest absolute Gasteiger partial charge is 0.256 e. The Morgan fingerprint density at radius 3 is 2.62 bits per heavy atom. The molecule has 21 heavy (non-hydrogen) atoms. The first-order chi connectivity index (χ1) is 10.3. The Hall–Kier alpha value is -2.26. The maximum absolute atomic E-state index is 4.72. The summed E-state index contributed by atoms with van der Waals surface area (Å²) in [6.45, 7) is 0. The van der Waals surface area contributed by atoms with Crippen molar-refractivity contribution in [3.8, 4) is 11.3 Å². The van der Waals surface area contributed by atoms with E-state index in [1.165, 1.54) is 0 Å². The maximum atomic E-state index is 4.72. The molecule has 0 aliphatic carbocycles. The van der Waals surface area contributed by atoms with Gasteiger partial charge in [-0.3, -0.25) is 4.98 Å². The number of pyridine rings is 2. The molecule has 0 saturated heterocycles. The molecule has 0 unspecified atom stereocenters. The molecule has 2 nitrogen and oxygen atoms in total. The molecule has 2 heterocycles. The summed E-state index contributed by atoms with van der Waals surface area (Å²) in [6, 6.07) is 20.5. The summed E-state index contributed by atoms with van der Waals surface area (Å²) < 4.78 is 1.06. The van der Waals surface area contributed by atoms with E-state index in [0.29, 0.717) is 0 Å². The summed E-state index contributed by atoms with van der Waals surface area (Å²) in [5, 5.41) is 2.26. The van der Waals surface area contributed by atoms with Crippen molar-refractivity contribution in [2.24, 2.45) is 0 Å². The molecule has 2 aromatic heterocycles. The zero-order valence-corrected chi connectivity index (χ0v) is 12.7. The Bertz CT molecular complexity index is 963. The second kappa shape index (κ2) is 4.93. The average molecular weight is 335 g/mol. The molecule has 0 amide bonds. The van der Waals surface area contributed by atoms with E-state index in [1.807, 2.05) is 42.6 Å². The van der Waals surface area contributed by atoms with Crippen LogP contribution in [-0.2, 0) is 0 Å². The van der Waals surface area contributed by atoms with E-state index < -0.39 is 0 Å². The molecule has 0 saturated carbocycles. The standard InChI is InChI=1S/C18H11BrN2/c19-15-6-8-16-13(10-15)9-14(11-20-16)18-7-5-12-3-1-2-4-17(12)21-18/h1-11H. The van der Waals surface area contributed by atoms with Crippen molar-refractivity contribution in [3.05, 3.63) is 71.3 Å². The topological polar surface area (TPSA) is 25.8 Å². The zero-order chi connectivity index (χ0) is 14.2. The number of hydrogen-bond donors (Lipinski definition) is 0. The first-order valence-corrected chi connectivity index (χ1v) is 7.50. The molecule has 0 aliphatic rings. The maximum Gasteiger partial charge on any atom is 0.0725 e. The number of aromatic nitrogens is 2. The quantitative estimate of drug-likeness (QED) is 0.477. The number of rotatable bonds is 1. The number of halogens is 1. The fourth-order valence-corrected chi connectivity index (χ4v) is 2.85. The van der Waals surface area contributed by atoms with Gasteiger partial charge in [-0.25, -0.2) is 4.98 Å². The molecule has 4 aromatic rings. The van der Waals surface area contributed by atoms with E-state index >= 15 is 0 Å². The van der Waals surface area contributed by atoms with Gasteiger partial charge in [0.15, 0.2) is 0 Å². The summed E-state index contributed by atoms with van der Waals surface area (Å²) in [5.74, 6) is 0. The van der Waals surface area contributed by atoms with Crippen LogP contribution in [0.25, 0.3) is 33.1 Å². The van der Waals surface area contributed by atoms with Crippen molar-refractivity contribution < 1.29 is 0 Å². The van der Waals surface area contributed by atoms with Crippen molar-refractivity contribution in [3.63, 3.8) is 0 Å². The van der Waals surface area contributed by atoms with Gasteiger partial charge in [-0.05, 0) is 36.4 Å². The summed E-state index contributed by atoms with van der Waals surface area (Å²) >= 11 is 3.50. The first-order valence-electron chi connectivity index (χ1n) is 6.71. The third-order valence-electron chi connectivity index (χ3n) is 3.54. The monoisotopic (exact) mass is 334 g/mol. The number of benzene rings is 2. The number of hydrogen-bond acceptors (Lipinski definition) is 2. The highest BCUT2D eigenvalue weighted by Gasteiger charge is 2.04. The molecule has 0 atom stereocenters. The molecule has 0 bridgehead atoms. The van der Waals surface area contributed by atoms with Gasteiger partial charge in [-0.15, -0.1) is 0 Å². The minimum absolute atomic E-state index is 0.947. The van der Waals surface area contributed by atoms with E-state index in [2.05, 4.69) is 45.2 Å². The van der Waals surface area contributed by atoms with E-state index in [4.69, 9.17) is 4.98 Å². The molecule has 3 heteroatoms. The zero-order valence-electron chi connectivity index (χ0n) is 11.1. The van der Waals surface area contributed by atoms with Gasteiger partial charge >= 0.3 is 0 Å². The summed E-state index contributed by atoms with van der Waals surface area (Å²) in [6.07, 6.45) is 1.88. The normalized spacial score (nSPS) is 11.1. The molecule has 4 rings (SSSR count). The third-order valence-corrected chi connectivity index (χ3v) is 4.03. The fraction of sp³-hybridized carbons (Fsp3) is 0. The van der Waals surface area contributed by atoms with Crippen LogP contribution in [0.15, 0.2) is 71.3 Å². The molecule has 0 fully saturated rings. The van der Waals surface area contributed by atoms with Crippen LogP contribution >= 0.6 is 15.9 Å². The van der Waals surface area contributed by atoms with Crippen LogP contribution < -0.4 is 0 Å². The predicted octanol–water partition coefficient (Wildman–Crippen LogP) is 5.21. The van der Waals surface area contributed by atoms with Crippen LogP contribution in [0.5, 0.6) is 0 Å². The van der Waals surface area contributed by atoms with Gasteiger partial charge in [0.1, 0.15) is 0 Å². The fourth-order valence-electron chi connectivity index (χ4n) is 2.47. The number of para-hydroxylation sites is 1. The van der Waals surface area contributed by atoms with Crippen LogP contribution in [0, 0.1) is 0 Å². The van der Waals surface area contributed by atoms with Gasteiger partial charge in [0, 0.05) is 27.0 Å². The van der Waals surface area contributed by atoms with Crippen molar-refractivity contribution in [1.29, 1.82) is 0 Å². The predicted molar refractivity (Wildman–Crippen MR) is 90.2 cm³/mol.